The van der Waals surface area contributed by atoms with Gasteiger partial charge in [0.15, 0.2) is 0 Å². The number of pyridine rings is 1. The van der Waals surface area contributed by atoms with E-state index in [1.165, 1.54) is 16.9 Å². The molecule has 0 fully saturated rings. The number of nitriles is 1. The fourth-order valence-corrected chi connectivity index (χ4v) is 5.39. The summed E-state index contributed by atoms with van der Waals surface area (Å²) < 4.78 is 6.08. The van der Waals surface area contributed by atoms with Crippen molar-refractivity contribution < 1.29 is 9.21 Å². The summed E-state index contributed by atoms with van der Waals surface area (Å²) in [6.07, 6.45) is 1.56. The number of thiophene rings is 1. The second kappa shape index (κ2) is 10.2. The van der Waals surface area contributed by atoms with Crippen LogP contribution in [0.1, 0.15) is 47.0 Å². The molecule has 0 radical (unpaired) electrons. The van der Waals surface area contributed by atoms with Gasteiger partial charge >= 0.3 is 0 Å². The maximum Gasteiger partial charge on any atom is 0.256 e. The van der Waals surface area contributed by atoms with Crippen molar-refractivity contribution in [1.29, 1.82) is 5.26 Å². The van der Waals surface area contributed by atoms with Gasteiger partial charge in [-0.05, 0) is 41.3 Å². The van der Waals surface area contributed by atoms with Gasteiger partial charge in [0.25, 0.3) is 5.91 Å². The molecule has 7 nitrogen and oxygen atoms in total. The number of carbonyl (C=O) groups excluding carboxylic acids is 1. The first-order valence-electron chi connectivity index (χ1n) is 11.8. The number of nitrogens with one attached hydrogen (secondary N) is 2. The number of hydrogen-bond acceptors (Lipinski definition) is 7. The first kappa shape index (κ1) is 24.1. The quantitative estimate of drug-likeness (QED) is 0.223. The molecule has 0 spiro atoms. The van der Waals surface area contributed by atoms with Crippen LogP contribution in [-0.2, 0) is 6.54 Å². The van der Waals surface area contributed by atoms with Crippen LogP contribution >= 0.6 is 11.3 Å². The average Bonchev–Trinajstić information content (AvgIpc) is 3.55. The van der Waals surface area contributed by atoms with Gasteiger partial charge in [0.05, 0.1) is 23.0 Å². The van der Waals surface area contributed by atoms with Gasteiger partial charge < -0.3 is 20.8 Å². The van der Waals surface area contributed by atoms with Crippen molar-refractivity contribution in [3.8, 4) is 17.2 Å². The topological polar surface area (TPSA) is 117 Å². The Morgan fingerprint density at radius 3 is 2.51 bits per heavy atom. The highest BCUT2D eigenvalue weighted by Crippen LogP contribution is 2.44. The molecule has 1 amide bonds. The third-order valence-electron chi connectivity index (χ3n) is 6.09. The van der Waals surface area contributed by atoms with Crippen LogP contribution in [-0.4, -0.2) is 10.9 Å². The molecule has 0 unspecified atom stereocenters. The van der Waals surface area contributed by atoms with Gasteiger partial charge in [-0.2, -0.15) is 5.26 Å². The van der Waals surface area contributed by atoms with Crippen molar-refractivity contribution in [3.05, 3.63) is 95.4 Å². The van der Waals surface area contributed by atoms with Crippen LogP contribution in [0.2, 0.25) is 0 Å². The highest BCUT2D eigenvalue weighted by atomic mass is 32.1. The number of furan rings is 1. The van der Waals surface area contributed by atoms with Crippen molar-refractivity contribution >= 4 is 44.0 Å². The number of amides is 1. The largest absolute Gasteiger partial charge is 0.467 e. The van der Waals surface area contributed by atoms with E-state index in [2.05, 4.69) is 47.7 Å². The lowest BCUT2D eigenvalue weighted by molar-refractivity contribution is 0.0950. The van der Waals surface area contributed by atoms with Crippen molar-refractivity contribution in [2.45, 2.75) is 26.3 Å². The van der Waals surface area contributed by atoms with Gasteiger partial charge in [0.1, 0.15) is 33.8 Å². The molecular formula is C29H25N5O2S. The molecule has 0 saturated heterocycles. The summed E-state index contributed by atoms with van der Waals surface area (Å²) in [6, 6.07) is 23.4. The molecule has 0 aliphatic carbocycles. The summed E-state index contributed by atoms with van der Waals surface area (Å²) >= 11 is 1.38. The van der Waals surface area contributed by atoms with Crippen molar-refractivity contribution in [2.75, 3.05) is 11.1 Å². The number of hydrogen-bond donors (Lipinski definition) is 3. The van der Waals surface area contributed by atoms with E-state index >= 15 is 0 Å². The minimum absolute atomic E-state index is 0.0829. The van der Waals surface area contributed by atoms with Crippen molar-refractivity contribution in [2.24, 2.45) is 0 Å². The lowest BCUT2D eigenvalue weighted by Crippen LogP contribution is -2.23. The molecule has 2 aromatic carbocycles. The zero-order valence-corrected chi connectivity index (χ0v) is 21.2. The molecule has 0 atom stereocenters. The molecule has 8 heteroatoms. The summed E-state index contributed by atoms with van der Waals surface area (Å²) in [5, 5.41) is 16.9. The van der Waals surface area contributed by atoms with Crippen LogP contribution in [0.15, 0.2) is 77.4 Å². The van der Waals surface area contributed by atoms with E-state index in [0.29, 0.717) is 38.0 Å². The lowest BCUT2D eigenvalue weighted by atomic mass is 10.00. The van der Waals surface area contributed by atoms with Crippen molar-refractivity contribution in [1.82, 2.24) is 10.3 Å². The number of fused-ring (bicyclic) bond motifs is 1. The number of nitrogen functional groups attached to an aromatic ring is 1. The molecule has 3 aromatic heterocycles. The van der Waals surface area contributed by atoms with E-state index in [-0.39, 0.29) is 23.8 Å². The molecule has 0 saturated carbocycles. The predicted molar refractivity (Wildman–Crippen MR) is 148 cm³/mol. The normalized spacial score (nSPS) is 11.0. The number of rotatable bonds is 7. The Bertz CT molecular complexity index is 1600. The highest BCUT2D eigenvalue weighted by Gasteiger charge is 2.26. The second-order valence-electron chi connectivity index (χ2n) is 8.87. The van der Waals surface area contributed by atoms with E-state index in [4.69, 9.17) is 10.2 Å². The lowest BCUT2D eigenvalue weighted by Gasteiger charge is -2.10. The molecule has 0 aliphatic heterocycles. The van der Waals surface area contributed by atoms with Crippen LogP contribution < -0.4 is 16.4 Å². The summed E-state index contributed by atoms with van der Waals surface area (Å²) in [4.78, 5) is 18.1. The Kier molecular flexibility index (Phi) is 6.62. The number of anilines is 3. The second-order valence-corrected chi connectivity index (χ2v) is 9.89. The molecule has 5 rings (SSSR count). The van der Waals surface area contributed by atoms with E-state index in [1.54, 1.807) is 18.4 Å². The van der Waals surface area contributed by atoms with Gasteiger partial charge in [-0.15, -0.1) is 11.3 Å². The summed E-state index contributed by atoms with van der Waals surface area (Å²) in [5.41, 5.74) is 10.9. The van der Waals surface area contributed by atoms with Crippen LogP contribution in [0.3, 0.4) is 0 Å². The fraction of sp³-hybridized carbons (Fsp3) is 0.138. The number of carbonyl (C=O) groups is 1. The number of benzene rings is 2. The van der Waals surface area contributed by atoms with Gasteiger partial charge in [-0.25, -0.2) is 4.98 Å². The van der Waals surface area contributed by atoms with E-state index in [0.717, 1.165) is 11.3 Å². The number of nitrogens with zero attached hydrogens (tertiary/aromatic N) is 2. The van der Waals surface area contributed by atoms with Gasteiger partial charge in [0.2, 0.25) is 0 Å². The summed E-state index contributed by atoms with van der Waals surface area (Å²) in [6.45, 7) is 4.51. The minimum atomic E-state index is -0.320. The van der Waals surface area contributed by atoms with Crippen LogP contribution in [0.5, 0.6) is 0 Å². The van der Waals surface area contributed by atoms with E-state index in [9.17, 15) is 10.1 Å². The molecule has 5 aromatic rings. The standard InChI is InChI=1S/C29H25N5O2S/c1-17(2)18-10-12-20(13-11-18)33-29-24(28(35)32-16-21-9-6-14-36-21)25-26(37-29)23(19-7-4-3-5-8-19)22(15-30)27(31)34-25/h3-14,17,33H,16H2,1-2H3,(H2,31,34)(H,32,35). The predicted octanol–water partition coefficient (Wildman–Crippen LogP) is 6.81. The molecular weight excluding hydrogens is 482 g/mol. The molecule has 0 aliphatic rings. The van der Waals surface area contributed by atoms with Crippen LogP contribution in [0.25, 0.3) is 21.3 Å². The monoisotopic (exact) mass is 507 g/mol. The maximum atomic E-state index is 13.6. The third kappa shape index (κ3) is 4.77. The van der Waals surface area contributed by atoms with Crippen LogP contribution in [0.4, 0.5) is 16.5 Å². The Morgan fingerprint density at radius 2 is 1.86 bits per heavy atom. The molecule has 3 heterocycles. The minimum Gasteiger partial charge on any atom is -0.467 e. The van der Waals surface area contributed by atoms with Crippen molar-refractivity contribution in [3.63, 3.8) is 0 Å². The zero-order valence-electron chi connectivity index (χ0n) is 20.4. The first-order valence-corrected chi connectivity index (χ1v) is 12.7. The molecule has 184 valence electrons. The van der Waals surface area contributed by atoms with E-state index < -0.39 is 0 Å². The number of nitrogens with two attached hydrogens (primary N) is 1. The zero-order chi connectivity index (χ0) is 25.9. The highest BCUT2D eigenvalue weighted by molar-refractivity contribution is 7.24. The van der Waals surface area contributed by atoms with Gasteiger partial charge in [-0.3, -0.25) is 4.79 Å². The first-order chi connectivity index (χ1) is 18.0. The maximum absolute atomic E-state index is 13.6. The van der Waals surface area contributed by atoms with Gasteiger partial charge in [-0.1, -0.05) is 56.3 Å². The molecule has 4 N–H and O–H groups in total. The Labute approximate surface area is 218 Å². The van der Waals surface area contributed by atoms with E-state index in [1.807, 2.05) is 42.5 Å². The number of aromatic nitrogens is 1. The summed E-state index contributed by atoms with van der Waals surface area (Å²) in [7, 11) is 0. The average molecular weight is 508 g/mol. The SMILES string of the molecule is CC(C)c1ccc(Nc2sc3c(-c4ccccc4)c(C#N)c(N)nc3c2C(=O)NCc2ccco2)cc1. The fourth-order valence-electron chi connectivity index (χ4n) is 4.16. The molecule has 0 bridgehead atoms. The van der Waals surface area contributed by atoms with Crippen LogP contribution in [0, 0.1) is 11.3 Å². The Hall–Kier alpha value is -4.61. The molecule has 37 heavy (non-hydrogen) atoms. The third-order valence-corrected chi connectivity index (χ3v) is 7.20. The Morgan fingerprint density at radius 1 is 1.11 bits per heavy atom. The smallest absolute Gasteiger partial charge is 0.256 e. The summed E-state index contributed by atoms with van der Waals surface area (Å²) in [5.74, 6) is 0.807. The van der Waals surface area contributed by atoms with Gasteiger partial charge in [0, 0.05) is 11.3 Å². The Balaban J connectivity index is 1.67.